The summed E-state index contributed by atoms with van der Waals surface area (Å²) < 4.78 is 39.9. The summed E-state index contributed by atoms with van der Waals surface area (Å²) >= 11 is 0. The van der Waals surface area contributed by atoms with E-state index in [1.807, 2.05) is 7.05 Å². The third-order valence-electron chi connectivity index (χ3n) is 4.95. The zero-order chi connectivity index (χ0) is 19.4. The summed E-state index contributed by atoms with van der Waals surface area (Å²) in [6, 6.07) is 6.45. The maximum atomic E-state index is 12.9. The van der Waals surface area contributed by atoms with Gasteiger partial charge in [-0.1, -0.05) is 6.07 Å². The Kier molecular flexibility index (Phi) is 5.84. The molecule has 27 heavy (non-hydrogen) atoms. The van der Waals surface area contributed by atoms with Crippen LogP contribution in [0.25, 0.3) is 5.69 Å². The number of hydrogen-bond acceptors (Lipinski definition) is 3. The molecule has 1 fully saturated rings. The van der Waals surface area contributed by atoms with E-state index < -0.39 is 11.7 Å². The number of piperidine rings is 1. The molecule has 1 saturated heterocycles. The van der Waals surface area contributed by atoms with E-state index in [0.717, 1.165) is 37.9 Å². The van der Waals surface area contributed by atoms with Gasteiger partial charge >= 0.3 is 6.18 Å². The fourth-order valence-electron chi connectivity index (χ4n) is 3.34. The minimum Gasteiger partial charge on any atom is -0.337 e. The lowest BCUT2D eigenvalue weighted by molar-refractivity contribution is -0.137. The highest BCUT2D eigenvalue weighted by atomic mass is 19.4. The Morgan fingerprint density at radius 1 is 1.26 bits per heavy atom. The molecule has 0 saturated carbocycles. The van der Waals surface area contributed by atoms with E-state index in [-0.39, 0.29) is 17.3 Å². The quantitative estimate of drug-likeness (QED) is 0.866. The highest BCUT2D eigenvalue weighted by Crippen LogP contribution is 2.30. The van der Waals surface area contributed by atoms with Crippen molar-refractivity contribution in [1.82, 2.24) is 20.0 Å². The molecule has 0 spiro atoms. The molecule has 1 aliphatic heterocycles. The lowest BCUT2D eigenvalue weighted by Gasteiger charge is -2.31. The number of halogens is 3. The Hall–Kier alpha value is -2.35. The van der Waals surface area contributed by atoms with Crippen molar-refractivity contribution in [1.29, 1.82) is 0 Å². The SMILES string of the molecule is CNCCC1CCN(C(=O)c2ccn(-c3cccc(C(F)(F)F)c3)n2)CC1. The van der Waals surface area contributed by atoms with Gasteiger partial charge in [-0.25, -0.2) is 4.68 Å². The normalized spacial score (nSPS) is 15.9. The molecule has 3 rings (SSSR count). The Morgan fingerprint density at radius 3 is 2.67 bits per heavy atom. The number of carbonyl (C=O) groups is 1. The fourth-order valence-corrected chi connectivity index (χ4v) is 3.34. The van der Waals surface area contributed by atoms with E-state index in [2.05, 4.69) is 10.4 Å². The van der Waals surface area contributed by atoms with Crippen LogP contribution in [0.3, 0.4) is 0 Å². The van der Waals surface area contributed by atoms with Gasteiger partial charge in [0.05, 0.1) is 11.3 Å². The average Bonchev–Trinajstić information content (AvgIpc) is 3.16. The first kappa shape index (κ1) is 19.4. The van der Waals surface area contributed by atoms with Gasteiger partial charge in [-0.05, 0) is 63.0 Å². The molecule has 0 atom stereocenters. The lowest BCUT2D eigenvalue weighted by Crippen LogP contribution is -2.39. The maximum Gasteiger partial charge on any atom is 0.416 e. The van der Waals surface area contributed by atoms with Crippen LogP contribution >= 0.6 is 0 Å². The highest BCUT2D eigenvalue weighted by Gasteiger charge is 2.30. The molecule has 0 unspecified atom stereocenters. The van der Waals surface area contributed by atoms with Crippen LogP contribution in [0.5, 0.6) is 0 Å². The molecule has 1 aliphatic rings. The number of likely N-dealkylation sites (tertiary alicyclic amines) is 1. The second-order valence-electron chi connectivity index (χ2n) is 6.82. The Labute approximate surface area is 156 Å². The molecule has 1 aromatic carbocycles. The minimum atomic E-state index is -4.42. The first-order valence-corrected chi connectivity index (χ1v) is 9.05. The maximum absolute atomic E-state index is 12.9. The highest BCUT2D eigenvalue weighted by molar-refractivity contribution is 5.92. The van der Waals surface area contributed by atoms with Crippen molar-refractivity contribution >= 4 is 5.91 Å². The van der Waals surface area contributed by atoms with Gasteiger partial charge in [-0.3, -0.25) is 4.79 Å². The van der Waals surface area contributed by atoms with E-state index in [4.69, 9.17) is 0 Å². The smallest absolute Gasteiger partial charge is 0.337 e. The fraction of sp³-hybridized carbons (Fsp3) is 0.474. The van der Waals surface area contributed by atoms with Crippen LogP contribution < -0.4 is 5.32 Å². The van der Waals surface area contributed by atoms with Crippen LogP contribution in [0.4, 0.5) is 13.2 Å². The van der Waals surface area contributed by atoms with Crippen molar-refractivity contribution in [3.63, 3.8) is 0 Å². The molecule has 0 bridgehead atoms. The third-order valence-corrected chi connectivity index (χ3v) is 4.95. The molecular formula is C19H23F3N4O. The molecule has 146 valence electrons. The molecule has 2 heterocycles. The van der Waals surface area contributed by atoms with Gasteiger partial charge in [-0.2, -0.15) is 18.3 Å². The molecular weight excluding hydrogens is 357 g/mol. The zero-order valence-corrected chi connectivity index (χ0v) is 15.2. The minimum absolute atomic E-state index is 0.173. The van der Waals surface area contributed by atoms with Crippen LogP contribution in [-0.2, 0) is 6.18 Å². The Balaban J connectivity index is 1.67. The number of aromatic nitrogens is 2. The molecule has 0 radical (unpaired) electrons. The monoisotopic (exact) mass is 380 g/mol. The van der Waals surface area contributed by atoms with E-state index in [0.29, 0.717) is 19.0 Å². The van der Waals surface area contributed by atoms with Gasteiger partial charge in [0.25, 0.3) is 5.91 Å². The summed E-state index contributed by atoms with van der Waals surface area (Å²) in [5, 5.41) is 7.34. The van der Waals surface area contributed by atoms with E-state index in [1.165, 1.54) is 23.0 Å². The van der Waals surface area contributed by atoms with Crippen molar-refractivity contribution < 1.29 is 18.0 Å². The van der Waals surface area contributed by atoms with Crippen LogP contribution in [0, 0.1) is 5.92 Å². The second-order valence-corrected chi connectivity index (χ2v) is 6.82. The number of hydrogen-bond donors (Lipinski definition) is 1. The number of amides is 1. The number of nitrogens with one attached hydrogen (secondary N) is 1. The van der Waals surface area contributed by atoms with Crippen LogP contribution in [0.15, 0.2) is 36.5 Å². The Bertz CT molecular complexity index is 779. The summed E-state index contributed by atoms with van der Waals surface area (Å²) in [5.41, 5.74) is -0.220. The van der Waals surface area contributed by atoms with E-state index in [9.17, 15) is 18.0 Å². The van der Waals surface area contributed by atoms with Crippen molar-refractivity contribution in [2.75, 3.05) is 26.7 Å². The molecule has 1 N–H and O–H groups in total. The molecule has 1 aromatic heterocycles. The predicted molar refractivity (Wildman–Crippen MR) is 95.7 cm³/mol. The Morgan fingerprint density at radius 2 is 2.00 bits per heavy atom. The number of alkyl halides is 3. The first-order chi connectivity index (χ1) is 12.9. The third kappa shape index (κ3) is 4.68. The largest absolute Gasteiger partial charge is 0.416 e. The van der Waals surface area contributed by atoms with E-state index >= 15 is 0 Å². The predicted octanol–water partition coefficient (Wildman–Crippen LogP) is 3.35. The van der Waals surface area contributed by atoms with E-state index in [1.54, 1.807) is 11.0 Å². The van der Waals surface area contributed by atoms with Gasteiger partial charge in [0.1, 0.15) is 0 Å². The summed E-state index contributed by atoms with van der Waals surface area (Å²) in [5.74, 6) is 0.442. The van der Waals surface area contributed by atoms with Crippen molar-refractivity contribution in [2.45, 2.75) is 25.4 Å². The standard InChI is InChI=1S/C19H23F3N4O/c1-23-9-5-14-6-10-25(11-7-14)18(27)17-8-12-26(24-17)16-4-2-3-15(13-16)19(20,21)22/h2-4,8,12-14,23H,5-7,9-11H2,1H3. The number of benzene rings is 1. The van der Waals surface area contributed by atoms with Crippen LogP contribution in [0.1, 0.15) is 35.3 Å². The number of carbonyl (C=O) groups excluding carboxylic acids is 1. The molecule has 5 nitrogen and oxygen atoms in total. The molecule has 2 aromatic rings. The summed E-state index contributed by atoms with van der Waals surface area (Å²) in [6.07, 6.45) is 0.119. The second kappa shape index (κ2) is 8.12. The van der Waals surface area contributed by atoms with Crippen molar-refractivity contribution in [3.8, 4) is 5.69 Å². The van der Waals surface area contributed by atoms with Gasteiger partial charge in [0.15, 0.2) is 5.69 Å². The van der Waals surface area contributed by atoms with Gasteiger partial charge in [-0.15, -0.1) is 0 Å². The lowest BCUT2D eigenvalue weighted by atomic mass is 9.93. The van der Waals surface area contributed by atoms with Gasteiger partial charge in [0, 0.05) is 19.3 Å². The molecule has 8 heteroatoms. The summed E-state index contributed by atoms with van der Waals surface area (Å²) in [6.45, 7) is 2.34. The summed E-state index contributed by atoms with van der Waals surface area (Å²) in [7, 11) is 1.93. The average molecular weight is 380 g/mol. The van der Waals surface area contributed by atoms with Crippen LogP contribution in [-0.4, -0.2) is 47.3 Å². The molecule has 0 aliphatic carbocycles. The summed E-state index contributed by atoms with van der Waals surface area (Å²) in [4.78, 5) is 14.4. The van der Waals surface area contributed by atoms with Crippen molar-refractivity contribution in [2.24, 2.45) is 5.92 Å². The first-order valence-electron chi connectivity index (χ1n) is 9.05. The van der Waals surface area contributed by atoms with Gasteiger partial charge < -0.3 is 10.2 Å². The van der Waals surface area contributed by atoms with Gasteiger partial charge in [0.2, 0.25) is 0 Å². The van der Waals surface area contributed by atoms with Crippen LogP contribution in [0.2, 0.25) is 0 Å². The van der Waals surface area contributed by atoms with Crippen molar-refractivity contribution in [3.05, 3.63) is 47.8 Å². The number of rotatable bonds is 5. The zero-order valence-electron chi connectivity index (χ0n) is 15.2. The molecule has 1 amide bonds. The topological polar surface area (TPSA) is 50.2 Å². The number of nitrogens with zero attached hydrogens (tertiary/aromatic N) is 3.